The molecular weight excluding hydrogens is 212 g/mol. The average molecular weight is 225 g/mol. The lowest BCUT2D eigenvalue weighted by atomic mass is 10.0. The SMILES string of the molecule is C=C(F)C(=O)NCC(C)c1cccc(F)c1. The highest BCUT2D eigenvalue weighted by atomic mass is 19.1. The van der Waals surface area contributed by atoms with Gasteiger partial charge in [0.25, 0.3) is 5.91 Å². The zero-order valence-electron chi connectivity index (χ0n) is 8.97. The van der Waals surface area contributed by atoms with Gasteiger partial charge in [0.2, 0.25) is 0 Å². The maximum absolute atomic E-state index is 12.9. The molecule has 0 saturated heterocycles. The molecule has 0 aliphatic heterocycles. The number of hydrogen-bond acceptors (Lipinski definition) is 1. The van der Waals surface area contributed by atoms with E-state index in [1.54, 1.807) is 12.1 Å². The minimum atomic E-state index is -1.02. The molecule has 2 nitrogen and oxygen atoms in total. The number of rotatable bonds is 4. The lowest BCUT2D eigenvalue weighted by molar-refractivity contribution is -0.118. The van der Waals surface area contributed by atoms with Gasteiger partial charge in [-0.15, -0.1) is 0 Å². The molecule has 1 atom stereocenters. The van der Waals surface area contributed by atoms with Crippen LogP contribution in [0.5, 0.6) is 0 Å². The van der Waals surface area contributed by atoms with Crippen LogP contribution in [0, 0.1) is 5.82 Å². The van der Waals surface area contributed by atoms with Crippen LogP contribution in [0.2, 0.25) is 0 Å². The summed E-state index contributed by atoms with van der Waals surface area (Å²) < 4.78 is 25.2. The van der Waals surface area contributed by atoms with Gasteiger partial charge in [0.05, 0.1) is 0 Å². The second-order valence-corrected chi connectivity index (χ2v) is 3.57. The van der Waals surface area contributed by atoms with E-state index in [0.29, 0.717) is 0 Å². The van der Waals surface area contributed by atoms with Crippen molar-refractivity contribution >= 4 is 5.91 Å². The third kappa shape index (κ3) is 3.46. The quantitative estimate of drug-likeness (QED) is 0.784. The van der Waals surface area contributed by atoms with Crippen molar-refractivity contribution in [3.05, 3.63) is 48.1 Å². The lowest BCUT2D eigenvalue weighted by Crippen LogP contribution is -2.27. The van der Waals surface area contributed by atoms with Crippen molar-refractivity contribution < 1.29 is 13.6 Å². The average Bonchev–Trinajstić information content (AvgIpc) is 2.25. The van der Waals surface area contributed by atoms with Crippen molar-refractivity contribution in [2.24, 2.45) is 0 Å². The largest absolute Gasteiger partial charge is 0.349 e. The van der Waals surface area contributed by atoms with Gasteiger partial charge in [-0.2, -0.15) is 0 Å². The molecular formula is C12H13F2NO. The van der Waals surface area contributed by atoms with Crippen LogP contribution >= 0.6 is 0 Å². The van der Waals surface area contributed by atoms with Crippen molar-refractivity contribution in [3.63, 3.8) is 0 Å². The van der Waals surface area contributed by atoms with Gasteiger partial charge in [-0.25, -0.2) is 8.78 Å². The Morgan fingerprint density at radius 2 is 2.25 bits per heavy atom. The number of amides is 1. The van der Waals surface area contributed by atoms with Crippen LogP contribution in [0.25, 0.3) is 0 Å². The molecule has 0 saturated carbocycles. The van der Waals surface area contributed by atoms with Gasteiger partial charge in [-0.3, -0.25) is 4.79 Å². The van der Waals surface area contributed by atoms with Crippen LogP contribution in [0.15, 0.2) is 36.7 Å². The standard InChI is InChI=1S/C12H13F2NO/c1-8(7-15-12(16)9(2)13)10-4-3-5-11(14)6-10/h3-6,8H,2,7H2,1H3,(H,15,16). The van der Waals surface area contributed by atoms with E-state index in [-0.39, 0.29) is 18.3 Å². The smallest absolute Gasteiger partial charge is 0.279 e. The van der Waals surface area contributed by atoms with E-state index in [0.717, 1.165) is 5.56 Å². The fourth-order valence-electron chi connectivity index (χ4n) is 1.27. The Labute approximate surface area is 93.0 Å². The number of carbonyl (C=O) groups excluding carboxylic acids is 1. The first kappa shape index (κ1) is 12.4. The van der Waals surface area contributed by atoms with Crippen LogP contribution in [0.3, 0.4) is 0 Å². The highest BCUT2D eigenvalue weighted by molar-refractivity contribution is 5.90. The minimum absolute atomic E-state index is 0.0843. The van der Waals surface area contributed by atoms with Gasteiger partial charge < -0.3 is 5.32 Å². The molecule has 0 aromatic heterocycles. The summed E-state index contributed by atoms with van der Waals surface area (Å²) in [4.78, 5) is 10.9. The first-order valence-electron chi connectivity index (χ1n) is 4.88. The molecule has 1 N–H and O–H groups in total. The number of halogens is 2. The number of benzene rings is 1. The number of nitrogens with one attached hydrogen (secondary N) is 1. The van der Waals surface area contributed by atoms with E-state index < -0.39 is 11.7 Å². The Bertz CT molecular complexity index is 404. The Morgan fingerprint density at radius 1 is 1.56 bits per heavy atom. The molecule has 0 spiro atoms. The van der Waals surface area contributed by atoms with E-state index in [1.165, 1.54) is 12.1 Å². The predicted molar refractivity (Wildman–Crippen MR) is 58.1 cm³/mol. The first-order chi connectivity index (χ1) is 7.50. The van der Waals surface area contributed by atoms with Crippen molar-refractivity contribution in [1.29, 1.82) is 0 Å². The molecule has 1 aromatic carbocycles. The molecule has 16 heavy (non-hydrogen) atoms. The Hall–Kier alpha value is -1.71. The normalized spacial score (nSPS) is 11.9. The molecule has 0 aliphatic rings. The van der Waals surface area contributed by atoms with Crippen LogP contribution in [0.1, 0.15) is 18.4 Å². The first-order valence-corrected chi connectivity index (χ1v) is 4.88. The van der Waals surface area contributed by atoms with Crippen LogP contribution < -0.4 is 5.32 Å². The molecule has 1 amide bonds. The fraction of sp³-hybridized carbons (Fsp3) is 0.250. The number of hydrogen-bond donors (Lipinski definition) is 1. The van der Waals surface area contributed by atoms with E-state index in [4.69, 9.17) is 0 Å². The zero-order chi connectivity index (χ0) is 12.1. The van der Waals surface area contributed by atoms with Gasteiger partial charge in [0, 0.05) is 6.54 Å². The molecule has 1 unspecified atom stereocenters. The summed E-state index contributed by atoms with van der Waals surface area (Å²) in [5.74, 6) is -2.26. The topological polar surface area (TPSA) is 29.1 Å². The van der Waals surface area contributed by atoms with Gasteiger partial charge in [0.15, 0.2) is 5.83 Å². The second-order valence-electron chi connectivity index (χ2n) is 3.57. The van der Waals surface area contributed by atoms with E-state index in [1.807, 2.05) is 6.92 Å². The van der Waals surface area contributed by atoms with Crippen LogP contribution in [-0.2, 0) is 4.79 Å². The zero-order valence-corrected chi connectivity index (χ0v) is 8.97. The van der Waals surface area contributed by atoms with Crippen LogP contribution in [0.4, 0.5) is 8.78 Å². The maximum Gasteiger partial charge on any atom is 0.279 e. The third-order valence-electron chi connectivity index (χ3n) is 2.23. The molecule has 4 heteroatoms. The Balaban J connectivity index is 2.56. The molecule has 0 aliphatic carbocycles. The highest BCUT2D eigenvalue weighted by Gasteiger charge is 2.10. The maximum atomic E-state index is 12.9. The van der Waals surface area contributed by atoms with Gasteiger partial charge in [0.1, 0.15) is 5.82 Å². The van der Waals surface area contributed by atoms with Gasteiger partial charge in [-0.1, -0.05) is 25.6 Å². The summed E-state index contributed by atoms with van der Waals surface area (Å²) in [6, 6.07) is 6.08. The van der Waals surface area contributed by atoms with E-state index >= 15 is 0 Å². The third-order valence-corrected chi connectivity index (χ3v) is 2.23. The number of carbonyl (C=O) groups is 1. The minimum Gasteiger partial charge on any atom is -0.349 e. The van der Waals surface area contributed by atoms with Gasteiger partial charge in [-0.05, 0) is 23.6 Å². The molecule has 86 valence electrons. The van der Waals surface area contributed by atoms with Crippen molar-refractivity contribution in [3.8, 4) is 0 Å². The Morgan fingerprint density at radius 3 is 2.81 bits per heavy atom. The van der Waals surface area contributed by atoms with Crippen molar-refractivity contribution in [2.75, 3.05) is 6.54 Å². The van der Waals surface area contributed by atoms with Crippen LogP contribution in [-0.4, -0.2) is 12.5 Å². The summed E-state index contributed by atoms with van der Waals surface area (Å²) >= 11 is 0. The molecule has 0 heterocycles. The summed E-state index contributed by atoms with van der Waals surface area (Å²) in [5, 5.41) is 2.36. The molecule has 0 fully saturated rings. The molecule has 0 radical (unpaired) electrons. The van der Waals surface area contributed by atoms with Gasteiger partial charge >= 0.3 is 0 Å². The summed E-state index contributed by atoms with van der Waals surface area (Å²) in [6.45, 7) is 4.94. The van der Waals surface area contributed by atoms with E-state index in [9.17, 15) is 13.6 Å². The summed E-state index contributed by atoms with van der Waals surface area (Å²) in [6.07, 6.45) is 0. The molecule has 0 bridgehead atoms. The molecule has 1 aromatic rings. The monoisotopic (exact) mass is 225 g/mol. The Kier molecular flexibility index (Phi) is 4.17. The summed E-state index contributed by atoms with van der Waals surface area (Å²) in [5.41, 5.74) is 0.754. The van der Waals surface area contributed by atoms with Crippen molar-refractivity contribution in [1.82, 2.24) is 5.32 Å². The lowest BCUT2D eigenvalue weighted by Gasteiger charge is -2.12. The predicted octanol–water partition coefficient (Wildman–Crippen LogP) is 2.53. The van der Waals surface area contributed by atoms with Crippen molar-refractivity contribution in [2.45, 2.75) is 12.8 Å². The summed E-state index contributed by atoms with van der Waals surface area (Å²) in [7, 11) is 0. The molecule has 1 rings (SSSR count). The fourth-order valence-corrected chi connectivity index (χ4v) is 1.27. The highest BCUT2D eigenvalue weighted by Crippen LogP contribution is 2.15. The van der Waals surface area contributed by atoms with E-state index in [2.05, 4.69) is 11.9 Å². The second kappa shape index (κ2) is 5.39.